The zero-order valence-electron chi connectivity index (χ0n) is 9.04. The average Bonchev–Trinajstić information content (AvgIpc) is 2.08. The molecule has 0 heterocycles. The Hall–Kier alpha value is -0.730. The van der Waals surface area contributed by atoms with Crippen LogP contribution in [0, 0.1) is 0 Å². The van der Waals surface area contributed by atoms with Gasteiger partial charge in [-0.3, -0.25) is 4.90 Å². The van der Waals surface area contributed by atoms with Crippen LogP contribution < -0.4 is 5.73 Å². The van der Waals surface area contributed by atoms with Crippen molar-refractivity contribution in [2.45, 2.75) is 31.8 Å². The van der Waals surface area contributed by atoms with Crippen molar-refractivity contribution < 1.29 is 0 Å². The van der Waals surface area contributed by atoms with Gasteiger partial charge in [0.05, 0.1) is 0 Å². The first-order chi connectivity index (χ1) is 7.16. The number of rotatable bonds is 3. The van der Waals surface area contributed by atoms with Gasteiger partial charge < -0.3 is 5.73 Å². The Labute approximate surface area is 96.0 Å². The van der Waals surface area contributed by atoms with Crippen molar-refractivity contribution in [3.05, 3.63) is 28.8 Å². The lowest BCUT2D eigenvalue weighted by atomic mass is 9.91. The lowest BCUT2D eigenvalue weighted by Crippen LogP contribution is -2.36. The molecule has 1 fully saturated rings. The summed E-state index contributed by atoms with van der Waals surface area (Å²) in [4.78, 5) is 2.37. The summed E-state index contributed by atoms with van der Waals surface area (Å²) in [6, 6.07) is 6.42. The Morgan fingerprint density at radius 2 is 2.20 bits per heavy atom. The molecule has 1 aliphatic carbocycles. The number of nitrogen functional groups attached to an aromatic ring is 1. The average molecular weight is 225 g/mol. The third-order valence-corrected chi connectivity index (χ3v) is 3.46. The first-order valence-corrected chi connectivity index (χ1v) is 5.79. The second-order valence-corrected chi connectivity index (χ2v) is 4.78. The highest BCUT2D eigenvalue weighted by molar-refractivity contribution is 6.30. The van der Waals surface area contributed by atoms with Gasteiger partial charge in [-0.1, -0.05) is 18.0 Å². The number of halogens is 1. The molecule has 0 bridgehead atoms. The van der Waals surface area contributed by atoms with E-state index in [2.05, 4.69) is 11.9 Å². The molecule has 0 radical (unpaired) electrons. The molecule has 15 heavy (non-hydrogen) atoms. The number of hydrogen-bond donors (Lipinski definition) is 1. The van der Waals surface area contributed by atoms with E-state index in [1.807, 2.05) is 18.2 Å². The molecule has 0 unspecified atom stereocenters. The maximum Gasteiger partial charge on any atom is 0.0410 e. The molecular weight excluding hydrogens is 208 g/mol. The summed E-state index contributed by atoms with van der Waals surface area (Å²) >= 11 is 5.95. The Morgan fingerprint density at radius 1 is 1.47 bits per heavy atom. The van der Waals surface area contributed by atoms with Crippen LogP contribution in [0.1, 0.15) is 24.8 Å². The van der Waals surface area contributed by atoms with Crippen LogP contribution in [-0.2, 0) is 6.54 Å². The molecule has 2 nitrogen and oxygen atoms in total. The molecule has 3 heteroatoms. The van der Waals surface area contributed by atoms with Gasteiger partial charge >= 0.3 is 0 Å². The monoisotopic (exact) mass is 224 g/mol. The van der Waals surface area contributed by atoms with Crippen molar-refractivity contribution in [1.29, 1.82) is 0 Å². The van der Waals surface area contributed by atoms with Crippen LogP contribution in [-0.4, -0.2) is 18.0 Å². The molecular formula is C12H17ClN2. The fourth-order valence-corrected chi connectivity index (χ4v) is 2.13. The van der Waals surface area contributed by atoms with Crippen LogP contribution in [0.25, 0.3) is 0 Å². The van der Waals surface area contributed by atoms with E-state index in [9.17, 15) is 0 Å². The predicted octanol–water partition coefficient (Wildman–Crippen LogP) is 2.91. The Bertz CT molecular complexity index is 347. The number of hydrogen-bond acceptors (Lipinski definition) is 2. The van der Waals surface area contributed by atoms with E-state index in [1.165, 1.54) is 19.3 Å². The van der Waals surface area contributed by atoms with Gasteiger partial charge in [-0.05, 0) is 43.7 Å². The van der Waals surface area contributed by atoms with Crippen molar-refractivity contribution >= 4 is 17.3 Å². The Morgan fingerprint density at radius 3 is 2.80 bits per heavy atom. The molecule has 1 aromatic rings. The van der Waals surface area contributed by atoms with E-state index in [-0.39, 0.29) is 0 Å². The van der Waals surface area contributed by atoms with Crippen molar-refractivity contribution in [2.24, 2.45) is 0 Å². The van der Waals surface area contributed by atoms with Gasteiger partial charge in [-0.25, -0.2) is 0 Å². The molecule has 0 amide bonds. The topological polar surface area (TPSA) is 29.3 Å². The first kappa shape index (κ1) is 10.8. The SMILES string of the molecule is CN(Cc1cc(Cl)ccc1N)C1CCC1. The van der Waals surface area contributed by atoms with Gasteiger partial charge in [0.25, 0.3) is 0 Å². The lowest BCUT2D eigenvalue weighted by Gasteiger charge is -2.35. The first-order valence-electron chi connectivity index (χ1n) is 5.41. The fourth-order valence-electron chi connectivity index (χ4n) is 1.94. The van der Waals surface area contributed by atoms with Crippen LogP contribution >= 0.6 is 11.6 Å². The molecule has 1 saturated carbocycles. The lowest BCUT2D eigenvalue weighted by molar-refractivity contribution is 0.153. The Kier molecular flexibility index (Phi) is 3.17. The smallest absolute Gasteiger partial charge is 0.0410 e. The minimum Gasteiger partial charge on any atom is -0.398 e. The minimum absolute atomic E-state index is 0.739. The molecule has 0 saturated heterocycles. The van der Waals surface area contributed by atoms with Crippen LogP contribution in [0.3, 0.4) is 0 Å². The summed E-state index contributed by atoms with van der Waals surface area (Å²) < 4.78 is 0. The molecule has 1 aromatic carbocycles. The third-order valence-electron chi connectivity index (χ3n) is 3.22. The number of anilines is 1. The van der Waals surface area contributed by atoms with Crippen molar-refractivity contribution in [1.82, 2.24) is 4.90 Å². The summed E-state index contributed by atoms with van der Waals surface area (Å²) in [6.45, 7) is 0.900. The highest BCUT2D eigenvalue weighted by Crippen LogP contribution is 2.26. The van der Waals surface area contributed by atoms with E-state index in [0.717, 1.165) is 28.9 Å². The maximum absolute atomic E-state index is 5.95. The van der Waals surface area contributed by atoms with Gasteiger partial charge in [0.1, 0.15) is 0 Å². The van der Waals surface area contributed by atoms with E-state index in [4.69, 9.17) is 17.3 Å². The fraction of sp³-hybridized carbons (Fsp3) is 0.500. The quantitative estimate of drug-likeness (QED) is 0.800. The summed E-state index contributed by atoms with van der Waals surface area (Å²) in [5, 5.41) is 0.765. The summed E-state index contributed by atoms with van der Waals surface area (Å²) in [7, 11) is 2.16. The van der Waals surface area contributed by atoms with Crippen LogP contribution in [0.15, 0.2) is 18.2 Å². The van der Waals surface area contributed by atoms with Crippen LogP contribution in [0.2, 0.25) is 5.02 Å². The van der Waals surface area contributed by atoms with Gasteiger partial charge in [0, 0.05) is 23.3 Å². The third kappa shape index (κ3) is 2.44. The largest absolute Gasteiger partial charge is 0.398 e. The standard InChI is InChI=1S/C12H17ClN2/c1-15(11-3-2-4-11)8-9-7-10(13)5-6-12(9)14/h5-7,11H,2-4,8,14H2,1H3. The van der Waals surface area contributed by atoms with Gasteiger partial charge in [-0.15, -0.1) is 0 Å². The molecule has 0 spiro atoms. The molecule has 0 atom stereocenters. The zero-order valence-corrected chi connectivity index (χ0v) is 9.80. The van der Waals surface area contributed by atoms with Crippen molar-refractivity contribution in [3.8, 4) is 0 Å². The zero-order chi connectivity index (χ0) is 10.8. The molecule has 2 rings (SSSR count). The number of nitrogens with zero attached hydrogens (tertiary/aromatic N) is 1. The minimum atomic E-state index is 0.739. The summed E-state index contributed by atoms with van der Waals surface area (Å²) in [6.07, 6.45) is 3.99. The van der Waals surface area contributed by atoms with E-state index in [1.54, 1.807) is 0 Å². The van der Waals surface area contributed by atoms with Crippen LogP contribution in [0.4, 0.5) is 5.69 Å². The van der Waals surface area contributed by atoms with Crippen LogP contribution in [0.5, 0.6) is 0 Å². The molecule has 2 N–H and O–H groups in total. The second-order valence-electron chi connectivity index (χ2n) is 4.34. The van der Waals surface area contributed by atoms with E-state index >= 15 is 0 Å². The molecule has 1 aliphatic rings. The normalized spacial score (nSPS) is 16.7. The number of benzene rings is 1. The van der Waals surface area contributed by atoms with Gasteiger partial charge in [-0.2, -0.15) is 0 Å². The second kappa shape index (κ2) is 4.42. The molecule has 0 aliphatic heterocycles. The highest BCUT2D eigenvalue weighted by Gasteiger charge is 2.22. The maximum atomic E-state index is 5.95. The van der Waals surface area contributed by atoms with Crippen molar-refractivity contribution in [2.75, 3.05) is 12.8 Å². The Balaban J connectivity index is 2.05. The van der Waals surface area contributed by atoms with E-state index < -0.39 is 0 Å². The molecule has 82 valence electrons. The predicted molar refractivity (Wildman–Crippen MR) is 65.0 cm³/mol. The molecule has 0 aromatic heterocycles. The van der Waals surface area contributed by atoms with E-state index in [0.29, 0.717) is 0 Å². The summed E-state index contributed by atoms with van der Waals surface area (Å²) in [5.41, 5.74) is 7.89. The highest BCUT2D eigenvalue weighted by atomic mass is 35.5. The number of nitrogens with two attached hydrogens (primary N) is 1. The van der Waals surface area contributed by atoms with Gasteiger partial charge in [0.15, 0.2) is 0 Å². The summed E-state index contributed by atoms with van der Waals surface area (Å²) in [5.74, 6) is 0. The van der Waals surface area contributed by atoms with Gasteiger partial charge in [0.2, 0.25) is 0 Å². The van der Waals surface area contributed by atoms with Crippen molar-refractivity contribution in [3.63, 3.8) is 0 Å².